The van der Waals surface area contributed by atoms with Crippen molar-refractivity contribution >= 4 is 28.7 Å². The molecule has 0 saturated carbocycles. The van der Waals surface area contributed by atoms with Crippen molar-refractivity contribution < 1.29 is 9.47 Å². The summed E-state index contributed by atoms with van der Waals surface area (Å²) in [6.07, 6.45) is 0. The third kappa shape index (κ3) is 4.11. The van der Waals surface area contributed by atoms with Gasteiger partial charge in [0.25, 0.3) is 0 Å². The van der Waals surface area contributed by atoms with E-state index in [9.17, 15) is 0 Å². The highest BCUT2D eigenvalue weighted by Gasteiger charge is 2.12. The Kier molecular flexibility index (Phi) is 6.03. The van der Waals surface area contributed by atoms with E-state index in [0.29, 0.717) is 6.54 Å². The minimum Gasteiger partial charge on any atom is -0.493 e. The summed E-state index contributed by atoms with van der Waals surface area (Å²) in [6, 6.07) is 10.1. The molecule has 0 radical (unpaired) electrons. The van der Waals surface area contributed by atoms with Gasteiger partial charge in [0.2, 0.25) is 0 Å². The highest BCUT2D eigenvalue weighted by molar-refractivity contribution is 7.80. The Morgan fingerprint density at radius 1 is 1.18 bits per heavy atom. The van der Waals surface area contributed by atoms with E-state index < -0.39 is 0 Å². The summed E-state index contributed by atoms with van der Waals surface area (Å²) in [5, 5.41) is 5.86. The van der Waals surface area contributed by atoms with E-state index in [1.54, 1.807) is 25.6 Å². The van der Waals surface area contributed by atoms with Crippen LogP contribution in [0.3, 0.4) is 0 Å². The van der Waals surface area contributed by atoms with Crippen LogP contribution in [0.1, 0.15) is 10.4 Å². The monoisotopic (exact) mass is 336 g/mol. The Hall–Kier alpha value is -1.79. The van der Waals surface area contributed by atoms with Crippen molar-refractivity contribution in [3.8, 4) is 11.5 Å². The van der Waals surface area contributed by atoms with Crippen LogP contribution in [0.4, 0.5) is 0 Å². The molecule has 1 aromatic heterocycles. The first kappa shape index (κ1) is 16.6. The molecule has 0 spiro atoms. The zero-order valence-corrected chi connectivity index (χ0v) is 14.6. The zero-order valence-electron chi connectivity index (χ0n) is 13.0. The van der Waals surface area contributed by atoms with Gasteiger partial charge in [-0.15, -0.1) is 11.3 Å². The molecule has 1 aromatic carbocycles. The summed E-state index contributed by atoms with van der Waals surface area (Å²) in [5.41, 5.74) is 1.12. The molecular formula is C16H20N2O2S2. The minimum atomic E-state index is 0.706. The standard InChI is InChI=1S/C16H20N2O2S2/c1-17-16(21)18(11-13-5-4-8-22-13)10-12-6-7-14(19-2)15(9-12)20-3/h4-9H,10-11H2,1-3H3,(H,17,21). The lowest BCUT2D eigenvalue weighted by atomic mass is 10.2. The van der Waals surface area contributed by atoms with Crippen LogP contribution in [0, 0.1) is 0 Å². The van der Waals surface area contributed by atoms with E-state index in [2.05, 4.69) is 27.7 Å². The molecule has 0 aliphatic carbocycles. The highest BCUT2D eigenvalue weighted by atomic mass is 32.1. The van der Waals surface area contributed by atoms with Gasteiger partial charge < -0.3 is 19.7 Å². The molecule has 1 N–H and O–H groups in total. The number of methoxy groups -OCH3 is 2. The number of ether oxygens (including phenoxy) is 2. The van der Waals surface area contributed by atoms with Crippen molar-refractivity contribution in [3.05, 3.63) is 46.2 Å². The molecule has 0 aliphatic heterocycles. The summed E-state index contributed by atoms with van der Waals surface area (Å²) < 4.78 is 10.6. The molecule has 2 aromatic rings. The number of thiocarbonyl (C=S) groups is 1. The van der Waals surface area contributed by atoms with Gasteiger partial charge in [0.05, 0.1) is 20.8 Å². The van der Waals surface area contributed by atoms with Crippen molar-refractivity contribution in [2.45, 2.75) is 13.1 Å². The Labute approximate surface area is 140 Å². The Bertz CT molecular complexity index is 615. The van der Waals surface area contributed by atoms with Crippen LogP contribution >= 0.6 is 23.6 Å². The van der Waals surface area contributed by atoms with Gasteiger partial charge in [-0.05, 0) is 41.4 Å². The maximum Gasteiger partial charge on any atom is 0.169 e. The molecule has 0 unspecified atom stereocenters. The molecule has 1 heterocycles. The quantitative estimate of drug-likeness (QED) is 0.819. The van der Waals surface area contributed by atoms with Crippen molar-refractivity contribution in [2.24, 2.45) is 0 Å². The lowest BCUT2D eigenvalue weighted by Gasteiger charge is -2.24. The van der Waals surface area contributed by atoms with E-state index in [4.69, 9.17) is 21.7 Å². The SMILES string of the molecule is CNC(=S)N(Cc1ccc(OC)c(OC)c1)Cc1cccs1. The fourth-order valence-corrected chi connectivity index (χ4v) is 3.00. The fourth-order valence-electron chi connectivity index (χ4n) is 2.15. The predicted octanol–water partition coefficient (Wildman–Crippen LogP) is 3.27. The van der Waals surface area contributed by atoms with Crippen molar-refractivity contribution in [3.63, 3.8) is 0 Å². The topological polar surface area (TPSA) is 33.7 Å². The van der Waals surface area contributed by atoms with Crippen molar-refractivity contribution in [1.82, 2.24) is 10.2 Å². The molecule has 22 heavy (non-hydrogen) atoms. The largest absolute Gasteiger partial charge is 0.493 e. The number of nitrogens with one attached hydrogen (secondary N) is 1. The van der Waals surface area contributed by atoms with Crippen LogP contribution in [0.25, 0.3) is 0 Å². The number of nitrogens with zero attached hydrogens (tertiary/aromatic N) is 1. The molecule has 0 amide bonds. The number of benzene rings is 1. The number of rotatable bonds is 6. The minimum absolute atomic E-state index is 0.706. The summed E-state index contributed by atoms with van der Waals surface area (Å²) in [4.78, 5) is 3.40. The predicted molar refractivity (Wildman–Crippen MR) is 94.8 cm³/mol. The first-order valence-corrected chi connectivity index (χ1v) is 8.16. The van der Waals surface area contributed by atoms with Crippen LogP contribution in [-0.2, 0) is 13.1 Å². The lowest BCUT2D eigenvalue weighted by molar-refractivity contribution is 0.352. The second-order valence-corrected chi connectivity index (χ2v) is 6.10. The maximum absolute atomic E-state index is 5.42. The van der Waals surface area contributed by atoms with Gasteiger partial charge in [-0.3, -0.25) is 0 Å². The molecular weight excluding hydrogens is 316 g/mol. The Balaban J connectivity index is 2.17. The van der Waals surface area contributed by atoms with Gasteiger partial charge in [0.15, 0.2) is 16.6 Å². The summed E-state index contributed by atoms with van der Waals surface area (Å²) in [6.45, 7) is 1.49. The van der Waals surface area contributed by atoms with E-state index in [1.807, 2.05) is 25.2 Å². The third-order valence-electron chi connectivity index (χ3n) is 3.25. The average molecular weight is 336 g/mol. The number of hydrogen-bond acceptors (Lipinski definition) is 4. The van der Waals surface area contributed by atoms with Crippen molar-refractivity contribution in [2.75, 3.05) is 21.3 Å². The van der Waals surface area contributed by atoms with Gasteiger partial charge in [0.1, 0.15) is 0 Å². The second kappa shape index (κ2) is 8.00. The van der Waals surface area contributed by atoms with Crippen LogP contribution in [0.15, 0.2) is 35.7 Å². The first-order chi connectivity index (χ1) is 10.7. The molecule has 2 rings (SSSR count). The average Bonchev–Trinajstić information content (AvgIpc) is 3.06. The summed E-state index contributed by atoms with van der Waals surface area (Å²) >= 11 is 7.15. The molecule has 0 atom stereocenters. The maximum atomic E-state index is 5.42. The van der Waals surface area contributed by atoms with Crippen LogP contribution < -0.4 is 14.8 Å². The van der Waals surface area contributed by atoms with Gasteiger partial charge in [-0.25, -0.2) is 0 Å². The summed E-state index contributed by atoms with van der Waals surface area (Å²) in [5.74, 6) is 1.46. The Morgan fingerprint density at radius 2 is 1.95 bits per heavy atom. The number of hydrogen-bond donors (Lipinski definition) is 1. The van der Waals surface area contributed by atoms with Crippen LogP contribution in [0.5, 0.6) is 11.5 Å². The zero-order chi connectivity index (χ0) is 15.9. The lowest BCUT2D eigenvalue weighted by Crippen LogP contribution is -2.36. The van der Waals surface area contributed by atoms with Crippen molar-refractivity contribution in [1.29, 1.82) is 0 Å². The smallest absolute Gasteiger partial charge is 0.169 e. The van der Waals surface area contributed by atoms with Gasteiger partial charge in [-0.1, -0.05) is 12.1 Å². The number of thiophene rings is 1. The van der Waals surface area contributed by atoms with Gasteiger partial charge in [0, 0.05) is 18.5 Å². The van der Waals surface area contributed by atoms with E-state index in [1.165, 1.54) is 4.88 Å². The highest BCUT2D eigenvalue weighted by Crippen LogP contribution is 2.28. The van der Waals surface area contributed by atoms with Crippen LogP contribution in [-0.4, -0.2) is 31.3 Å². The normalized spacial score (nSPS) is 10.1. The molecule has 0 saturated heterocycles. The molecule has 4 nitrogen and oxygen atoms in total. The van der Waals surface area contributed by atoms with Crippen LogP contribution in [0.2, 0.25) is 0 Å². The first-order valence-electron chi connectivity index (χ1n) is 6.88. The second-order valence-electron chi connectivity index (χ2n) is 4.68. The Morgan fingerprint density at radius 3 is 2.55 bits per heavy atom. The van der Waals surface area contributed by atoms with Gasteiger partial charge in [-0.2, -0.15) is 0 Å². The molecule has 0 fully saturated rings. The molecule has 118 valence electrons. The van der Waals surface area contributed by atoms with Gasteiger partial charge >= 0.3 is 0 Å². The molecule has 0 bridgehead atoms. The molecule has 0 aliphatic rings. The van der Waals surface area contributed by atoms with E-state index >= 15 is 0 Å². The van der Waals surface area contributed by atoms with E-state index in [0.717, 1.165) is 28.7 Å². The third-order valence-corrected chi connectivity index (χ3v) is 4.57. The fraction of sp³-hybridized carbons (Fsp3) is 0.312. The summed E-state index contributed by atoms with van der Waals surface area (Å²) in [7, 11) is 5.12. The molecule has 6 heteroatoms. The van der Waals surface area contributed by atoms with E-state index in [-0.39, 0.29) is 0 Å².